The summed E-state index contributed by atoms with van der Waals surface area (Å²) < 4.78 is 11.3. The number of nitrogens with one attached hydrogen (secondary N) is 1. The van der Waals surface area contributed by atoms with Gasteiger partial charge in [-0.25, -0.2) is 9.97 Å². The molecule has 0 bridgehead atoms. The van der Waals surface area contributed by atoms with Gasteiger partial charge in [-0.2, -0.15) is 0 Å². The van der Waals surface area contributed by atoms with E-state index in [-0.39, 0.29) is 17.7 Å². The highest BCUT2D eigenvalue weighted by Gasteiger charge is 2.25. The van der Waals surface area contributed by atoms with Crippen molar-refractivity contribution in [2.75, 3.05) is 38.6 Å². The molecule has 0 aliphatic carbocycles. The summed E-state index contributed by atoms with van der Waals surface area (Å²) >= 11 is 1.34. The zero-order valence-electron chi connectivity index (χ0n) is 15.1. The summed E-state index contributed by atoms with van der Waals surface area (Å²) in [4.78, 5) is 23.0. The van der Waals surface area contributed by atoms with Gasteiger partial charge >= 0.3 is 0 Å². The van der Waals surface area contributed by atoms with Crippen molar-refractivity contribution < 1.29 is 13.9 Å². The maximum absolute atomic E-state index is 12.3. The molecule has 0 saturated carbocycles. The van der Waals surface area contributed by atoms with Crippen LogP contribution in [-0.4, -0.2) is 59.4 Å². The van der Waals surface area contributed by atoms with Crippen molar-refractivity contribution in [3.05, 3.63) is 41.6 Å². The Morgan fingerprint density at radius 3 is 2.81 bits per heavy atom. The molecule has 2 aromatic heterocycles. The van der Waals surface area contributed by atoms with Gasteiger partial charge in [-0.05, 0) is 32.0 Å². The number of carbonyl (C=O) groups excluding carboxylic acids is 1. The molecule has 3 rings (SSSR count). The molecule has 1 fully saturated rings. The fourth-order valence-corrected chi connectivity index (χ4v) is 3.52. The molecular formula is C18H24N4O3S. The number of thioether (sulfide) groups is 1. The van der Waals surface area contributed by atoms with E-state index in [0.29, 0.717) is 24.9 Å². The van der Waals surface area contributed by atoms with Crippen molar-refractivity contribution in [3.8, 4) is 0 Å². The van der Waals surface area contributed by atoms with Crippen LogP contribution in [0.4, 0.5) is 0 Å². The van der Waals surface area contributed by atoms with E-state index in [1.807, 2.05) is 32.0 Å². The molecule has 0 spiro atoms. The normalized spacial score (nSPS) is 16.4. The number of morpholine rings is 1. The molecule has 7 nitrogen and oxygen atoms in total. The molecule has 1 atom stereocenters. The highest BCUT2D eigenvalue weighted by atomic mass is 32.2. The second-order valence-electron chi connectivity index (χ2n) is 6.19. The van der Waals surface area contributed by atoms with Crippen molar-refractivity contribution >= 4 is 17.7 Å². The molecule has 140 valence electrons. The molecule has 1 aliphatic heterocycles. The first kappa shape index (κ1) is 18.9. The monoisotopic (exact) mass is 376 g/mol. The average molecular weight is 376 g/mol. The van der Waals surface area contributed by atoms with Crippen LogP contribution in [0.1, 0.15) is 23.3 Å². The highest BCUT2D eigenvalue weighted by Crippen LogP contribution is 2.23. The standard InChI is InChI=1S/C18H24N4O3S/c1-13-5-6-19-18(21-13)26-12-17(23)20-11-15(16-4-3-14(2)25-16)22-7-9-24-10-8-22/h3-6,15H,7-12H2,1-2H3,(H,20,23)/t15-/m0/s1. The molecule has 2 aromatic rings. The minimum Gasteiger partial charge on any atom is -0.465 e. The molecule has 26 heavy (non-hydrogen) atoms. The van der Waals surface area contributed by atoms with Crippen LogP contribution in [-0.2, 0) is 9.53 Å². The number of hydrogen-bond donors (Lipinski definition) is 1. The van der Waals surface area contributed by atoms with Gasteiger partial charge in [-0.1, -0.05) is 11.8 Å². The fourth-order valence-electron chi connectivity index (χ4n) is 2.82. The first-order valence-corrected chi connectivity index (χ1v) is 9.67. The molecule has 1 amide bonds. The number of amides is 1. The van der Waals surface area contributed by atoms with E-state index in [1.54, 1.807) is 6.20 Å². The van der Waals surface area contributed by atoms with Gasteiger partial charge in [-0.15, -0.1) is 0 Å². The van der Waals surface area contributed by atoms with Gasteiger partial charge in [0.25, 0.3) is 0 Å². The molecule has 0 radical (unpaired) electrons. The number of carbonyl (C=O) groups is 1. The number of aromatic nitrogens is 2. The lowest BCUT2D eigenvalue weighted by molar-refractivity contribution is -0.118. The summed E-state index contributed by atoms with van der Waals surface area (Å²) in [7, 11) is 0. The summed E-state index contributed by atoms with van der Waals surface area (Å²) in [6.45, 7) is 7.38. The first-order valence-electron chi connectivity index (χ1n) is 8.69. The number of furan rings is 1. The Bertz CT molecular complexity index is 731. The molecular weight excluding hydrogens is 352 g/mol. The summed E-state index contributed by atoms with van der Waals surface area (Å²) in [5, 5.41) is 3.63. The maximum Gasteiger partial charge on any atom is 0.230 e. The Morgan fingerprint density at radius 1 is 1.31 bits per heavy atom. The van der Waals surface area contributed by atoms with Gasteiger partial charge in [0, 0.05) is 31.5 Å². The number of aryl methyl sites for hydroxylation is 2. The summed E-state index contributed by atoms with van der Waals surface area (Å²) in [6, 6.07) is 5.78. The van der Waals surface area contributed by atoms with Crippen LogP contribution in [0.5, 0.6) is 0 Å². The predicted octanol–water partition coefficient (Wildman–Crippen LogP) is 1.97. The van der Waals surface area contributed by atoms with Crippen LogP contribution < -0.4 is 5.32 Å². The molecule has 1 aliphatic rings. The Kier molecular flexibility index (Phi) is 6.65. The van der Waals surface area contributed by atoms with Crippen LogP contribution in [0.15, 0.2) is 34.0 Å². The van der Waals surface area contributed by atoms with Gasteiger partial charge in [-0.3, -0.25) is 9.69 Å². The third kappa shape index (κ3) is 5.30. The third-order valence-electron chi connectivity index (χ3n) is 4.17. The minimum absolute atomic E-state index is 0.0109. The second-order valence-corrected chi connectivity index (χ2v) is 7.13. The largest absolute Gasteiger partial charge is 0.465 e. The first-order chi connectivity index (χ1) is 12.6. The molecule has 1 saturated heterocycles. The lowest BCUT2D eigenvalue weighted by Crippen LogP contribution is -2.44. The third-order valence-corrected chi connectivity index (χ3v) is 5.04. The van der Waals surface area contributed by atoms with Gasteiger partial charge in [0.15, 0.2) is 5.16 Å². The Hall–Kier alpha value is -1.90. The molecule has 3 heterocycles. The van der Waals surface area contributed by atoms with Crippen LogP contribution in [0, 0.1) is 13.8 Å². The van der Waals surface area contributed by atoms with E-state index in [0.717, 1.165) is 30.3 Å². The fraction of sp³-hybridized carbons (Fsp3) is 0.500. The molecule has 1 N–H and O–H groups in total. The number of nitrogens with zero attached hydrogens (tertiary/aromatic N) is 3. The lowest BCUT2D eigenvalue weighted by atomic mass is 10.1. The van der Waals surface area contributed by atoms with Crippen LogP contribution in [0.2, 0.25) is 0 Å². The van der Waals surface area contributed by atoms with E-state index in [2.05, 4.69) is 20.2 Å². The minimum atomic E-state index is -0.0401. The van der Waals surface area contributed by atoms with Gasteiger partial charge in [0.05, 0.1) is 25.0 Å². The lowest BCUT2D eigenvalue weighted by Gasteiger charge is -2.33. The average Bonchev–Trinajstić information content (AvgIpc) is 3.07. The number of ether oxygens (including phenoxy) is 1. The van der Waals surface area contributed by atoms with Crippen LogP contribution in [0.25, 0.3) is 0 Å². The Labute approximate surface area is 157 Å². The zero-order chi connectivity index (χ0) is 18.4. The van der Waals surface area contributed by atoms with E-state index in [1.165, 1.54) is 11.8 Å². The summed E-state index contributed by atoms with van der Waals surface area (Å²) in [5.41, 5.74) is 0.892. The Balaban J connectivity index is 1.55. The molecule has 8 heteroatoms. The molecule has 0 unspecified atom stereocenters. The van der Waals surface area contributed by atoms with Gasteiger partial charge in [0.1, 0.15) is 11.5 Å². The van der Waals surface area contributed by atoms with E-state index in [9.17, 15) is 4.79 Å². The topological polar surface area (TPSA) is 80.5 Å². The van der Waals surface area contributed by atoms with E-state index >= 15 is 0 Å². The number of hydrogen-bond acceptors (Lipinski definition) is 7. The zero-order valence-corrected chi connectivity index (χ0v) is 15.9. The van der Waals surface area contributed by atoms with Crippen molar-refractivity contribution in [1.82, 2.24) is 20.2 Å². The van der Waals surface area contributed by atoms with Gasteiger partial charge in [0.2, 0.25) is 5.91 Å². The predicted molar refractivity (Wildman–Crippen MR) is 99.1 cm³/mol. The van der Waals surface area contributed by atoms with Crippen molar-refractivity contribution in [2.24, 2.45) is 0 Å². The highest BCUT2D eigenvalue weighted by molar-refractivity contribution is 7.99. The van der Waals surface area contributed by atoms with Crippen molar-refractivity contribution in [1.29, 1.82) is 0 Å². The summed E-state index contributed by atoms with van der Waals surface area (Å²) in [6.07, 6.45) is 1.70. The van der Waals surface area contributed by atoms with E-state index in [4.69, 9.17) is 9.15 Å². The van der Waals surface area contributed by atoms with Crippen molar-refractivity contribution in [3.63, 3.8) is 0 Å². The Morgan fingerprint density at radius 2 is 2.12 bits per heavy atom. The second kappa shape index (κ2) is 9.16. The SMILES string of the molecule is Cc1ccnc(SCC(=O)NC[C@@H](c2ccc(C)o2)N2CCOCC2)n1. The quantitative estimate of drug-likeness (QED) is 0.584. The molecule has 0 aromatic carbocycles. The van der Waals surface area contributed by atoms with Crippen LogP contribution in [0.3, 0.4) is 0 Å². The smallest absolute Gasteiger partial charge is 0.230 e. The van der Waals surface area contributed by atoms with E-state index < -0.39 is 0 Å². The van der Waals surface area contributed by atoms with Crippen molar-refractivity contribution in [2.45, 2.75) is 25.0 Å². The van der Waals surface area contributed by atoms with Gasteiger partial charge < -0.3 is 14.5 Å². The summed E-state index contributed by atoms with van der Waals surface area (Å²) in [5.74, 6) is 1.99. The maximum atomic E-state index is 12.3. The number of rotatable bonds is 7. The van der Waals surface area contributed by atoms with Crippen LogP contribution >= 0.6 is 11.8 Å².